The summed E-state index contributed by atoms with van der Waals surface area (Å²) in [6.45, 7) is 6.23. The molecule has 29 heavy (non-hydrogen) atoms. The molecule has 0 fully saturated rings. The number of hydrogen-bond donors (Lipinski definition) is 3. The number of hydrogen-bond acceptors (Lipinski definition) is 4. The Bertz CT molecular complexity index is 843. The van der Waals surface area contributed by atoms with Crippen LogP contribution in [-0.2, 0) is 16.6 Å². The van der Waals surface area contributed by atoms with E-state index >= 15 is 0 Å². The minimum Gasteiger partial charge on any atom is -0.356 e. The maximum Gasteiger partial charge on any atom is 0.242 e. The number of pyridine rings is 1. The molecule has 0 unspecified atom stereocenters. The van der Waals surface area contributed by atoms with Crippen molar-refractivity contribution >= 4 is 40.0 Å². The number of sulfonamides is 1. The highest BCUT2D eigenvalue weighted by atomic mass is 127. The third-order valence-corrected chi connectivity index (χ3v) is 5.46. The Morgan fingerprint density at radius 3 is 2.45 bits per heavy atom. The molecule has 3 N–H and O–H groups in total. The normalized spacial score (nSPS) is 11.6. The van der Waals surface area contributed by atoms with Crippen LogP contribution in [0.3, 0.4) is 0 Å². The standard InChI is InChI=1S/C20H29N5O2S.HI/c1-3-4-12-22-20(24-15-18-9-7-17(2)8-10-18)23-13-14-25-28(26,27)19-6-5-11-21-16-19;/h5-11,16,25H,3-4,12-15H2,1-2H3,(H2,22,23,24);1H. The molecule has 1 aromatic heterocycles. The largest absolute Gasteiger partial charge is 0.356 e. The number of halogens is 1. The second-order valence-electron chi connectivity index (χ2n) is 6.44. The van der Waals surface area contributed by atoms with Crippen molar-refractivity contribution in [1.82, 2.24) is 20.3 Å². The lowest BCUT2D eigenvalue weighted by atomic mass is 10.1. The summed E-state index contributed by atoms with van der Waals surface area (Å²) in [6, 6.07) is 11.4. The van der Waals surface area contributed by atoms with E-state index in [1.165, 1.54) is 17.8 Å². The van der Waals surface area contributed by atoms with Crippen LogP contribution in [0.2, 0.25) is 0 Å². The van der Waals surface area contributed by atoms with Crippen LogP contribution in [0.25, 0.3) is 0 Å². The molecule has 7 nitrogen and oxygen atoms in total. The van der Waals surface area contributed by atoms with Crippen molar-refractivity contribution in [2.45, 2.75) is 38.1 Å². The van der Waals surface area contributed by atoms with Gasteiger partial charge in [-0.15, -0.1) is 24.0 Å². The van der Waals surface area contributed by atoms with Crippen molar-refractivity contribution < 1.29 is 8.42 Å². The van der Waals surface area contributed by atoms with Crippen molar-refractivity contribution in [2.24, 2.45) is 4.99 Å². The first-order chi connectivity index (χ1) is 13.5. The van der Waals surface area contributed by atoms with Crippen LogP contribution in [0.4, 0.5) is 0 Å². The van der Waals surface area contributed by atoms with Crippen LogP contribution >= 0.6 is 24.0 Å². The number of aryl methyl sites for hydroxylation is 1. The van der Waals surface area contributed by atoms with E-state index in [2.05, 4.69) is 63.4 Å². The second-order valence-corrected chi connectivity index (χ2v) is 8.21. The second kappa shape index (κ2) is 13.5. The van der Waals surface area contributed by atoms with E-state index in [0.29, 0.717) is 19.0 Å². The maximum absolute atomic E-state index is 12.2. The van der Waals surface area contributed by atoms with Crippen LogP contribution in [0.1, 0.15) is 30.9 Å². The van der Waals surface area contributed by atoms with Crippen molar-refractivity contribution in [1.29, 1.82) is 0 Å². The average Bonchev–Trinajstić information content (AvgIpc) is 2.71. The summed E-state index contributed by atoms with van der Waals surface area (Å²) in [4.78, 5) is 8.60. The van der Waals surface area contributed by atoms with Crippen LogP contribution in [0.15, 0.2) is 58.7 Å². The van der Waals surface area contributed by atoms with Crippen molar-refractivity contribution in [3.63, 3.8) is 0 Å². The van der Waals surface area contributed by atoms with Gasteiger partial charge in [0.1, 0.15) is 4.90 Å². The summed E-state index contributed by atoms with van der Waals surface area (Å²) in [6.07, 6.45) is 5.00. The summed E-state index contributed by atoms with van der Waals surface area (Å²) in [5.74, 6) is 0.676. The average molecular weight is 531 g/mol. The van der Waals surface area contributed by atoms with Crippen LogP contribution < -0.4 is 15.4 Å². The molecule has 0 radical (unpaired) electrons. The lowest BCUT2D eigenvalue weighted by Crippen LogP contribution is -2.42. The summed E-state index contributed by atoms with van der Waals surface area (Å²) < 4.78 is 27.0. The molecule has 9 heteroatoms. The zero-order chi connectivity index (χ0) is 20.2. The van der Waals surface area contributed by atoms with Gasteiger partial charge in [-0.3, -0.25) is 4.98 Å². The predicted molar refractivity (Wildman–Crippen MR) is 128 cm³/mol. The van der Waals surface area contributed by atoms with E-state index in [9.17, 15) is 8.42 Å². The number of aliphatic imine (C=N–C) groups is 1. The molecule has 2 rings (SSSR count). The molecule has 0 aliphatic rings. The number of nitrogens with zero attached hydrogens (tertiary/aromatic N) is 2. The summed E-state index contributed by atoms with van der Waals surface area (Å²) in [7, 11) is -3.55. The highest BCUT2D eigenvalue weighted by Crippen LogP contribution is 2.05. The first-order valence-electron chi connectivity index (χ1n) is 9.48. The van der Waals surface area contributed by atoms with Crippen LogP contribution in [0, 0.1) is 6.92 Å². The molecule has 0 atom stereocenters. The first kappa shape index (κ1) is 25.3. The lowest BCUT2D eigenvalue weighted by molar-refractivity contribution is 0.580. The first-order valence-corrected chi connectivity index (χ1v) is 11.0. The summed E-state index contributed by atoms with van der Waals surface area (Å²) >= 11 is 0. The van der Waals surface area contributed by atoms with Crippen molar-refractivity contribution in [2.75, 3.05) is 19.6 Å². The van der Waals surface area contributed by atoms with Crippen LogP contribution in [0.5, 0.6) is 0 Å². The fourth-order valence-corrected chi connectivity index (χ4v) is 3.37. The fourth-order valence-electron chi connectivity index (χ4n) is 2.38. The quantitative estimate of drug-likeness (QED) is 0.190. The SMILES string of the molecule is CCCCNC(=NCc1ccc(C)cc1)NCCNS(=O)(=O)c1cccnc1.I. The van der Waals surface area contributed by atoms with Crippen molar-refractivity contribution in [3.05, 3.63) is 59.9 Å². The Hall–Kier alpha value is -1.72. The molecule has 0 amide bonds. The van der Waals surface area contributed by atoms with Gasteiger partial charge in [0.25, 0.3) is 0 Å². The van der Waals surface area contributed by atoms with E-state index < -0.39 is 10.0 Å². The molecule has 1 heterocycles. The van der Waals surface area contributed by atoms with E-state index in [1.807, 2.05) is 0 Å². The van der Waals surface area contributed by atoms with Crippen LogP contribution in [-0.4, -0.2) is 39.0 Å². The van der Waals surface area contributed by atoms with E-state index in [1.54, 1.807) is 12.3 Å². The highest BCUT2D eigenvalue weighted by Gasteiger charge is 2.12. The molecule has 0 saturated heterocycles. The minimum absolute atomic E-state index is 0. The number of guanidine groups is 1. The third-order valence-electron chi connectivity index (χ3n) is 4.02. The molecule has 2 aromatic rings. The summed E-state index contributed by atoms with van der Waals surface area (Å²) in [5, 5.41) is 6.46. The van der Waals surface area contributed by atoms with Gasteiger partial charge in [0.2, 0.25) is 10.0 Å². The smallest absolute Gasteiger partial charge is 0.242 e. The topological polar surface area (TPSA) is 95.5 Å². The van der Waals surface area contributed by atoms with E-state index in [-0.39, 0.29) is 35.4 Å². The zero-order valence-electron chi connectivity index (χ0n) is 16.9. The zero-order valence-corrected chi connectivity index (χ0v) is 20.0. The molecular formula is C20H30IN5O2S. The van der Waals surface area contributed by atoms with E-state index in [0.717, 1.165) is 24.9 Å². The summed E-state index contributed by atoms with van der Waals surface area (Å²) in [5.41, 5.74) is 2.34. The Labute approximate surface area is 190 Å². The molecule has 0 spiro atoms. The molecule has 0 saturated carbocycles. The number of unbranched alkanes of at least 4 members (excludes halogenated alkanes) is 1. The Balaban J connectivity index is 0.00000420. The Kier molecular flexibility index (Phi) is 11.8. The Morgan fingerprint density at radius 1 is 1.07 bits per heavy atom. The number of aromatic nitrogens is 1. The highest BCUT2D eigenvalue weighted by molar-refractivity contribution is 14.0. The number of nitrogens with one attached hydrogen (secondary N) is 3. The predicted octanol–water partition coefficient (Wildman–Crippen LogP) is 2.82. The van der Waals surface area contributed by atoms with Gasteiger partial charge in [-0.05, 0) is 31.0 Å². The number of benzene rings is 1. The lowest BCUT2D eigenvalue weighted by Gasteiger charge is -2.13. The molecule has 0 aliphatic carbocycles. The minimum atomic E-state index is -3.55. The molecule has 0 bridgehead atoms. The van der Waals surface area contributed by atoms with E-state index in [4.69, 9.17) is 0 Å². The third kappa shape index (κ3) is 9.55. The maximum atomic E-state index is 12.2. The Morgan fingerprint density at radius 2 is 1.79 bits per heavy atom. The van der Waals surface area contributed by atoms with Gasteiger partial charge in [0, 0.05) is 32.0 Å². The van der Waals surface area contributed by atoms with Crippen molar-refractivity contribution in [3.8, 4) is 0 Å². The van der Waals surface area contributed by atoms with Gasteiger partial charge in [0.15, 0.2) is 5.96 Å². The van der Waals surface area contributed by atoms with Gasteiger partial charge in [-0.1, -0.05) is 43.2 Å². The van der Waals surface area contributed by atoms with Gasteiger partial charge >= 0.3 is 0 Å². The van der Waals surface area contributed by atoms with Gasteiger partial charge < -0.3 is 10.6 Å². The molecular weight excluding hydrogens is 501 g/mol. The van der Waals surface area contributed by atoms with Gasteiger partial charge in [0.05, 0.1) is 6.54 Å². The monoisotopic (exact) mass is 531 g/mol. The molecule has 1 aromatic carbocycles. The van der Waals surface area contributed by atoms with Gasteiger partial charge in [-0.25, -0.2) is 18.1 Å². The molecule has 0 aliphatic heterocycles. The molecule has 160 valence electrons. The van der Waals surface area contributed by atoms with Gasteiger partial charge in [-0.2, -0.15) is 0 Å². The number of rotatable bonds is 10. The fraction of sp³-hybridized carbons (Fsp3) is 0.400.